The standard InChI is InChI=1S/C23H31N4O4PS/c28-20(26-23-24-8-13-33-23)4-3-5-21(32)25-17(15-27-9-1-2-10-27)22(29)16-6-7-18-19(14-16)31-12-11-30-18/h6-8,13-14,17,22,29H,1-5,9-12,15,32H2,(H,24,26,28)/t17-,22-/m1/s1. The van der Waals surface area contributed by atoms with Gasteiger partial charge in [-0.3, -0.25) is 9.79 Å². The fourth-order valence-electron chi connectivity index (χ4n) is 4.08. The number of anilines is 1. The topological polar surface area (TPSA) is 96.3 Å². The zero-order valence-corrected chi connectivity index (χ0v) is 20.6. The minimum absolute atomic E-state index is 0.0484. The van der Waals surface area contributed by atoms with Gasteiger partial charge in [-0.05, 0) is 56.5 Å². The number of fused-ring (bicyclic) bond motifs is 1. The molecule has 178 valence electrons. The molecule has 1 aromatic carbocycles. The number of carbonyl (C=O) groups excluding carboxylic acids is 1. The number of likely N-dealkylation sites (tertiary alicyclic amines) is 1. The van der Waals surface area contributed by atoms with Crippen LogP contribution in [0.15, 0.2) is 34.8 Å². The Labute approximate surface area is 200 Å². The zero-order chi connectivity index (χ0) is 23.0. The predicted octanol–water partition coefficient (Wildman–Crippen LogP) is 3.49. The highest BCUT2D eigenvalue weighted by Gasteiger charge is 2.26. The van der Waals surface area contributed by atoms with Gasteiger partial charge in [-0.1, -0.05) is 15.3 Å². The molecule has 33 heavy (non-hydrogen) atoms. The fraction of sp³-hybridized carbons (Fsp3) is 0.522. The lowest BCUT2D eigenvalue weighted by Gasteiger charge is -2.27. The van der Waals surface area contributed by atoms with E-state index in [2.05, 4.69) is 24.4 Å². The molecule has 0 bridgehead atoms. The molecule has 0 radical (unpaired) electrons. The summed E-state index contributed by atoms with van der Waals surface area (Å²) in [6, 6.07) is 5.29. The second kappa shape index (κ2) is 11.9. The Morgan fingerprint density at radius 1 is 1.24 bits per heavy atom. The molecular formula is C23H31N4O4PS. The molecule has 1 unspecified atom stereocenters. The third-order valence-corrected chi connectivity index (χ3v) is 6.89. The highest BCUT2D eigenvalue weighted by molar-refractivity contribution is 7.40. The molecule has 4 rings (SSSR count). The third kappa shape index (κ3) is 6.96. The minimum Gasteiger partial charge on any atom is -0.486 e. The van der Waals surface area contributed by atoms with Crippen molar-refractivity contribution < 1.29 is 19.4 Å². The SMILES string of the molecule is O=C(CCCC(P)=N[C@H](CN1CCCC1)[C@H](O)c1ccc2c(c1)OCCO2)Nc1nccs1. The number of aliphatic hydroxyl groups is 1. The van der Waals surface area contributed by atoms with Gasteiger partial charge in [0.1, 0.15) is 19.3 Å². The first-order chi connectivity index (χ1) is 16.1. The molecule has 1 amide bonds. The number of hydrogen-bond donors (Lipinski definition) is 2. The second-order valence-electron chi connectivity index (χ2n) is 8.28. The van der Waals surface area contributed by atoms with Crippen molar-refractivity contribution in [1.29, 1.82) is 0 Å². The number of thiazole rings is 1. The van der Waals surface area contributed by atoms with Crippen molar-refractivity contribution in [2.75, 3.05) is 38.2 Å². The summed E-state index contributed by atoms with van der Waals surface area (Å²) in [6.45, 7) is 3.80. The number of aliphatic imine (C=N–C) groups is 1. The largest absolute Gasteiger partial charge is 0.486 e. The monoisotopic (exact) mass is 490 g/mol. The van der Waals surface area contributed by atoms with Crippen LogP contribution >= 0.6 is 20.6 Å². The fourth-order valence-corrected chi connectivity index (χ4v) is 5.02. The van der Waals surface area contributed by atoms with Crippen molar-refractivity contribution in [2.45, 2.75) is 44.2 Å². The Balaban J connectivity index is 1.38. The van der Waals surface area contributed by atoms with Crippen LogP contribution in [0.4, 0.5) is 5.13 Å². The highest BCUT2D eigenvalue weighted by Crippen LogP contribution is 2.34. The second-order valence-corrected chi connectivity index (χ2v) is 9.84. The van der Waals surface area contributed by atoms with Crippen LogP contribution in [0.1, 0.15) is 43.8 Å². The van der Waals surface area contributed by atoms with E-state index in [1.54, 1.807) is 6.20 Å². The quantitative estimate of drug-likeness (QED) is 0.391. The van der Waals surface area contributed by atoms with Crippen molar-refractivity contribution in [3.8, 4) is 11.5 Å². The Morgan fingerprint density at radius 2 is 2.03 bits per heavy atom. The lowest BCUT2D eigenvalue weighted by molar-refractivity contribution is -0.116. The smallest absolute Gasteiger partial charge is 0.226 e. The van der Waals surface area contributed by atoms with Gasteiger partial charge in [0.15, 0.2) is 16.6 Å². The molecule has 2 aliphatic rings. The molecule has 0 aliphatic carbocycles. The summed E-state index contributed by atoms with van der Waals surface area (Å²) in [6.07, 6.45) is 5.01. The molecule has 1 fully saturated rings. The minimum atomic E-state index is -0.759. The van der Waals surface area contributed by atoms with E-state index in [0.29, 0.717) is 55.7 Å². The maximum absolute atomic E-state index is 12.1. The van der Waals surface area contributed by atoms with Crippen LogP contribution in [0.2, 0.25) is 0 Å². The first-order valence-corrected chi connectivity index (χ1v) is 12.9. The van der Waals surface area contributed by atoms with E-state index in [1.165, 1.54) is 24.2 Å². The number of nitrogens with zero attached hydrogens (tertiary/aromatic N) is 3. The molecule has 1 aromatic heterocycles. The molecular weight excluding hydrogens is 459 g/mol. The molecule has 10 heteroatoms. The molecule has 1 saturated heterocycles. The molecule has 3 heterocycles. The number of aromatic nitrogens is 1. The van der Waals surface area contributed by atoms with E-state index in [1.807, 2.05) is 23.6 Å². The van der Waals surface area contributed by atoms with Crippen molar-refractivity contribution in [2.24, 2.45) is 4.99 Å². The molecule has 2 N–H and O–H groups in total. The average molecular weight is 491 g/mol. The Bertz CT molecular complexity index is 950. The highest BCUT2D eigenvalue weighted by atomic mass is 32.1. The first-order valence-electron chi connectivity index (χ1n) is 11.4. The summed E-state index contributed by atoms with van der Waals surface area (Å²) in [7, 11) is 2.69. The van der Waals surface area contributed by atoms with Gasteiger partial charge in [0.25, 0.3) is 0 Å². The van der Waals surface area contributed by atoms with Crippen LogP contribution in [0.3, 0.4) is 0 Å². The van der Waals surface area contributed by atoms with E-state index in [-0.39, 0.29) is 11.9 Å². The lowest BCUT2D eigenvalue weighted by Crippen LogP contribution is -2.33. The molecule has 8 nitrogen and oxygen atoms in total. The molecule has 0 saturated carbocycles. The van der Waals surface area contributed by atoms with Crippen molar-refractivity contribution in [3.63, 3.8) is 0 Å². The van der Waals surface area contributed by atoms with Gasteiger partial charge in [-0.15, -0.1) is 11.3 Å². The van der Waals surface area contributed by atoms with Gasteiger partial charge in [0.05, 0.1) is 6.04 Å². The normalized spacial score (nSPS) is 18.2. The molecule has 2 aliphatic heterocycles. The number of hydrogen-bond acceptors (Lipinski definition) is 8. The van der Waals surface area contributed by atoms with Gasteiger partial charge < -0.3 is 24.8 Å². The van der Waals surface area contributed by atoms with E-state index in [0.717, 1.165) is 24.1 Å². The average Bonchev–Trinajstić information content (AvgIpc) is 3.52. The number of amides is 1. The van der Waals surface area contributed by atoms with Crippen LogP contribution < -0.4 is 14.8 Å². The molecule has 2 aromatic rings. The van der Waals surface area contributed by atoms with E-state index >= 15 is 0 Å². The predicted molar refractivity (Wildman–Crippen MR) is 134 cm³/mol. The third-order valence-electron chi connectivity index (χ3n) is 5.76. The lowest BCUT2D eigenvalue weighted by atomic mass is 10.0. The summed E-state index contributed by atoms with van der Waals surface area (Å²) in [5.74, 6) is 1.33. The van der Waals surface area contributed by atoms with Gasteiger partial charge >= 0.3 is 0 Å². The number of aliphatic hydroxyl groups excluding tert-OH is 1. The van der Waals surface area contributed by atoms with Crippen molar-refractivity contribution in [3.05, 3.63) is 35.3 Å². The zero-order valence-electron chi connectivity index (χ0n) is 18.6. The summed E-state index contributed by atoms with van der Waals surface area (Å²) in [5, 5.41) is 16.5. The van der Waals surface area contributed by atoms with Crippen LogP contribution in [-0.2, 0) is 4.79 Å². The summed E-state index contributed by atoms with van der Waals surface area (Å²) >= 11 is 1.40. The molecule has 0 spiro atoms. The van der Waals surface area contributed by atoms with Crippen molar-refractivity contribution >= 4 is 37.1 Å². The Morgan fingerprint density at radius 3 is 2.79 bits per heavy atom. The van der Waals surface area contributed by atoms with Gasteiger partial charge in [-0.25, -0.2) is 4.98 Å². The van der Waals surface area contributed by atoms with Crippen LogP contribution in [0.5, 0.6) is 11.5 Å². The van der Waals surface area contributed by atoms with Gasteiger partial charge in [0, 0.05) is 30.0 Å². The summed E-state index contributed by atoms with van der Waals surface area (Å²) in [4.78, 5) is 23.4. The van der Waals surface area contributed by atoms with Gasteiger partial charge in [-0.2, -0.15) is 0 Å². The Hall–Kier alpha value is -2.06. The van der Waals surface area contributed by atoms with Gasteiger partial charge in [0.2, 0.25) is 5.91 Å². The maximum atomic E-state index is 12.1. The Kier molecular flexibility index (Phi) is 8.67. The van der Waals surface area contributed by atoms with Crippen LogP contribution in [0.25, 0.3) is 0 Å². The number of benzene rings is 1. The number of nitrogens with one attached hydrogen (secondary N) is 1. The molecule has 3 atom stereocenters. The maximum Gasteiger partial charge on any atom is 0.226 e. The first kappa shape index (κ1) is 24.1. The number of rotatable bonds is 10. The van der Waals surface area contributed by atoms with Crippen molar-refractivity contribution in [1.82, 2.24) is 9.88 Å². The van der Waals surface area contributed by atoms with E-state index in [9.17, 15) is 9.90 Å². The van der Waals surface area contributed by atoms with E-state index in [4.69, 9.17) is 14.5 Å². The van der Waals surface area contributed by atoms with Crippen LogP contribution in [-0.4, -0.2) is 65.2 Å². The number of carbonyl (C=O) groups is 1. The number of ether oxygens (including phenoxy) is 2. The van der Waals surface area contributed by atoms with Crippen LogP contribution in [0, 0.1) is 0 Å². The summed E-state index contributed by atoms with van der Waals surface area (Å²) in [5.41, 5.74) is 1.63. The summed E-state index contributed by atoms with van der Waals surface area (Å²) < 4.78 is 11.3. The van der Waals surface area contributed by atoms with E-state index < -0.39 is 6.10 Å².